The summed E-state index contributed by atoms with van der Waals surface area (Å²) in [4.78, 5) is 4.04. The summed E-state index contributed by atoms with van der Waals surface area (Å²) in [5, 5.41) is 4.48. The third-order valence-corrected chi connectivity index (χ3v) is 2.27. The molecule has 0 saturated heterocycles. The Kier molecular flexibility index (Phi) is 4.19. The highest BCUT2D eigenvalue weighted by molar-refractivity contribution is 7.98. The van der Waals surface area contributed by atoms with Gasteiger partial charge in [0.2, 0.25) is 0 Å². The Morgan fingerprint density at radius 3 is 2.80 bits per heavy atom. The second-order valence-electron chi connectivity index (χ2n) is 2.54. The molecule has 0 atom stereocenters. The van der Waals surface area contributed by atoms with E-state index in [1.54, 1.807) is 6.07 Å². The predicted molar refractivity (Wildman–Crippen MR) is 58.9 cm³/mol. The highest BCUT2D eigenvalue weighted by Gasteiger charge is 2.11. The van der Waals surface area contributed by atoms with Gasteiger partial charge in [-0.1, -0.05) is 16.9 Å². The van der Waals surface area contributed by atoms with Gasteiger partial charge in [0.05, 0.1) is 6.54 Å². The zero-order valence-corrected chi connectivity index (χ0v) is 9.60. The monoisotopic (exact) mass is 247 g/mol. The SMILES string of the molecule is CSc1ccc(-c2nc(CN)no2)o1.Cl. The molecular formula is C8H10ClN3O2S. The fourth-order valence-electron chi connectivity index (χ4n) is 0.982. The molecule has 0 aromatic carbocycles. The van der Waals surface area contributed by atoms with Crippen LogP contribution in [0.25, 0.3) is 11.7 Å². The molecule has 2 N–H and O–H groups in total. The van der Waals surface area contributed by atoms with E-state index in [0.29, 0.717) is 17.5 Å². The molecule has 2 aromatic rings. The van der Waals surface area contributed by atoms with Gasteiger partial charge in [-0.05, 0) is 18.4 Å². The van der Waals surface area contributed by atoms with Crippen molar-refractivity contribution in [3.8, 4) is 11.7 Å². The molecule has 2 rings (SSSR count). The normalized spacial score (nSPS) is 10.0. The number of nitrogens with two attached hydrogens (primary N) is 1. The molecule has 0 aliphatic rings. The topological polar surface area (TPSA) is 78.1 Å². The van der Waals surface area contributed by atoms with Crippen molar-refractivity contribution in [3.63, 3.8) is 0 Å². The molecule has 0 spiro atoms. The maximum atomic E-state index is 5.40. The molecule has 7 heteroatoms. The molecule has 0 aliphatic heterocycles. The summed E-state index contributed by atoms with van der Waals surface area (Å²) >= 11 is 1.52. The van der Waals surface area contributed by atoms with Crippen LogP contribution < -0.4 is 5.73 Å². The number of rotatable bonds is 3. The summed E-state index contributed by atoms with van der Waals surface area (Å²) in [6.45, 7) is 0.263. The summed E-state index contributed by atoms with van der Waals surface area (Å²) in [5.41, 5.74) is 5.35. The molecular weight excluding hydrogens is 238 g/mol. The van der Waals surface area contributed by atoms with Gasteiger partial charge in [0, 0.05) is 0 Å². The largest absolute Gasteiger partial charge is 0.445 e. The first-order valence-corrected chi connectivity index (χ1v) is 5.23. The van der Waals surface area contributed by atoms with Crippen molar-refractivity contribution in [3.05, 3.63) is 18.0 Å². The van der Waals surface area contributed by atoms with Gasteiger partial charge in [-0.3, -0.25) is 0 Å². The molecule has 0 unspecified atom stereocenters. The zero-order chi connectivity index (χ0) is 9.97. The molecule has 0 fully saturated rings. The van der Waals surface area contributed by atoms with Gasteiger partial charge < -0.3 is 14.7 Å². The lowest BCUT2D eigenvalue weighted by Crippen LogP contribution is -1.97. The molecule has 0 amide bonds. The van der Waals surface area contributed by atoms with E-state index in [4.69, 9.17) is 14.7 Å². The van der Waals surface area contributed by atoms with E-state index in [1.165, 1.54) is 11.8 Å². The van der Waals surface area contributed by atoms with Gasteiger partial charge in [0.25, 0.3) is 5.89 Å². The number of furan rings is 1. The summed E-state index contributed by atoms with van der Waals surface area (Å²) in [6, 6.07) is 3.64. The van der Waals surface area contributed by atoms with Crippen LogP contribution in [0.1, 0.15) is 5.82 Å². The second kappa shape index (κ2) is 5.20. The van der Waals surface area contributed by atoms with Crippen molar-refractivity contribution in [2.45, 2.75) is 11.6 Å². The first kappa shape index (κ1) is 12.1. The molecule has 5 nitrogen and oxygen atoms in total. The highest BCUT2D eigenvalue weighted by Crippen LogP contribution is 2.25. The predicted octanol–water partition coefficient (Wildman–Crippen LogP) is 1.93. The average molecular weight is 248 g/mol. The Morgan fingerprint density at radius 1 is 1.47 bits per heavy atom. The van der Waals surface area contributed by atoms with Crippen molar-refractivity contribution >= 4 is 24.2 Å². The van der Waals surface area contributed by atoms with Crippen molar-refractivity contribution in [1.29, 1.82) is 0 Å². The van der Waals surface area contributed by atoms with Crippen LogP contribution >= 0.6 is 24.2 Å². The fourth-order valence-corrected chi connectivity index (χ4v) is 1.36. The third-order valence-electron chi connectivity index (χ3n) is 1.64. The third kappa shape index (κ3) is 2.53. The minimum Gasteiger partial charge on any atom is -0.445 e. The van der Waals surface area contributed by atoms with Crippen LogP contribution in [0.2, 0.25) is 0 Å². The van der Waals surface area contributed by atoms with Crippen LogP contribution in [0.4, 0.5) is 0 Å². The zero-order valence-electron chi connectivity index (χ0n) is 7.97. The van der Waals surface area contributed by atoms with Gasteiger partial charge in [-0.2, -0.15) is 4.98 Å². The number of nitrogens with zero attached hydrogens (tertiary/aromatic N) is 2. The van der Waals surface area contributed by atoms with E-state index in [2.05, 4.69) is 10.1 Å². The number of aromatic nitrogens is 2. The van der Waals surface area contributed by atoms with E-state index in [9.17, 15) is 0 Å². The van der Waals surface area contributed by atoms with Gasteiger partial charge >= 0.3 is 0 Å². The quantitative estimate of drug-likeness (QED) is 0.835. The summed E-state index contributed by atoms with van der Waals surface area (Å²) in [6.07, 6.45) is 1.93. The average Bonchev–Trinajstić information content (AvgIpc) is 2.86. The standard InChI is InChI=1S/C8H9N3O2S.ClH/c1-14-7-3-2-5(12-7)8-10-6(4-9)11-13-8;/h2-3H,4,9H2,1H3;1H. The van der Waals surface area contributed by atoms with Gasteiger partial charge in [0.1, 0.15) is 0 Å². The maximum absolute atomic E-state index is 5.40. The molecule has 82 valence electrons. The Bertz CT molecular complexity index is 389. The van der Waals surface area contributed by atoms with E-state index in [1.807, 2.05) is 12.3 Å². The molecule has 2 aromatic heterocycles. The number of hydrogen-bond acceptors (Lipinski definition) is 6. The smallest absolute Gasteiger partial charge is 0.293 e. The van der Waals surface area contributed by atoms with Crippen molar-refractivity contribution in [2.24, 2.45) is 5.73 Å². The lowest BCUT2D eigenvalue weighted by molar-refractivity contribution is 0.398. The van der Waals surface area contributed by atoms with E-state index >= 15 is 0 Å². The Balaban J connectivity index is 0.00000112. The van der Waals surface area contributed by atoms with E-state index < -0.39 is 0 Å². The Hall–Kier alpha value is -0.980. The summed E-state index contributed by atoms with van der Waals surface area (Å²) < 4.78 is 10.4. The van der Waals surface area contributed by atoms with Gasteiger partial charge in [-0.15, -0.1) is 12.4 Å². The van der Waals surface area contributed by atoms with Crippen LogP contribution in [0, 0.1) is 0 Å². The number of thioether (sulfide) groups is 1. The molecule has 0 saturated carbocycles. The summed E-state index contributed by atoms with van der Waals surface area (Å²) in [5.74, 6) is 1.41. The van der Waals surface area contributed by atoms with Gasteiger partial charge in [-0.25, -0.2) is 0 Å². The first-order chi connectivity index (χ1) is 6.83. The minimum absolute atomic E-state index is 0. The Morgan fingerprint density at radius 2 is 2.27 bits per heavy atom. The van der Waals surface area contributed by atoms with Crippen LogP contribution in [-0.2, 0) is 6.54 Å². The van der Waals surface area contributed by atoms with E-state index in [0.717, 1.165) is 5.09 Å². The second-order valence-corrected chi connectivity index (χ2v) is 3.35. The fraction of sp³-hybridized carbons (Fsp3) is 0.250. The number of hydrogen-bond donors (Lipinski definition) is 1. The minimum atomic E-state index is 0. The Labute approximate surface area is 96.8 Å². The van der Waals surface area contributed by atoms with Crippen molar-refractivity contribution in [1.82, 2.24) is 10.1 Å². The van der Waals surface area contributed by atoms with Crippen molar-refractivity contribution in [2.75, 3.05) is 6.26 Å². The van der Waals surface area contributed by atoms with Crippen LogP contribution in [0.5, 0.6) is 0 Å². The maximum Gasteiger partial charge on any atom is 0.293 e. The molecule has 0 bridgehead atoms. The molecule has 0 aliphatic carbocycles. The van der Waals surface area contributed by atoms with Crippen LogP contribution in [-0.4, -0.2) is 16.4 Å². The van der Waals surface area contributed by atoms with Crippen LogP contribution in [0.3, 0.4) is 0 Å². The first-order valence-electron chi connectivity index (χ1n) is 4.00. The lowest BCUT2D eigenvalue weighted by Gasteiger charge is -1.86. The van der Waals surface area contributed by atoms with E-state index in [-0.39, 0.29) is 19.0 Å². The number of halogens is 1. The van der Waals surface area contributed by atoms with Gasteiger partial charge in [0.15, 0.2) is 16.7 Å². The highest BCUT2D eigenvalue weighted by atomic mass is 35.5. The lowest BCUT2D eigenvalue weighted by atomic mass is 10.4. The van der Waals surface area contributed by atoms with Crippen molar-refractivity contribution < 1.29 is 8.94 Å². The van der Waals surface area contributed by atoms with Crippen LogP contribution in [0.15, 0.2) is 26.2 Å². The summed E-state index contributed by atoms with van der Waals surface area (Å²) in [7, 11) is 0. The molecule has 0 radical (unpaired) electrons. The molecule has 15 heavy (non-hydrogen) atoms. The molecule has 2 heterocycles.